The van der Waals surface area contributed by atoms with Crippen molar-refractivity contribution in [3.63, 3.8) is 0 Å². The Morgan fingerprint density at radius 2 is 1.65 bits per heavy atom. The van der Waals surface area contributed by atoms with E-state index >= 15 is 0 Å². The number of methoxy groups -OCH3 is 2. The van der Waals surface area contributed by atoms with E-state index in [-0.39, 0.29) is 0 Å². The highest BCUT2D eigenvalue weighted by atomic mass is 16.5. The van der Waals surface area contributed by atoms with E-state index in [1.165, 1.54) is 5.39 Å². The summed E-state index contributed by atoms with van der Waals surface area (Å²) < 4.78 is 19.1. The molecule has 0 fully saturated rings. The maximum absolute atomic E-state index is 6.07. The fourth-order valence-corrected chi connectivity index (χ4v) is 3.29. The maximum atomic E-state index is 6.07. The number of aromatic nitrogens is 1. The fourth-order valence-electron chi connectivity index (χ4n) is 3.29. The van der Waals surface area contributed by atoms with Gasteiger partial charge in [0.15, 0.2) is 0 Å². The molecular weight excluding hydrogens is 326 g/mol. The van der Waals surface area contributed by atoms with Crippen molar-refractivity contribution in [2.75, 3.05) is 20.8 Å². The Hall–Kier alpha value is -3.14. The molecule has 0 radical (unpaired) electrons. The van der Waals surface area contributed by atoms with Crippen molar-refractivity contribution in [3.8, 4) is 17.2 Å². The van der Waals surface area contributed by atoms with E-state index in [1.807, 2.05) is 36.4 Å². The topological polar surface area (TPSA) is 32.6 Å². The summed E-state index contributed by atoms with van der Waals surface area (Å²) in [4.78, 5) is 0. The molecule has 132 valence electrons. The molecule has 1 aromatic heterocycles. The first-order chi connectivity index (χ1) is 12.8. The zero-order valence-corrected chi connectivity index (χ0v) is 14.9. The average molecular weight is 347 g/mol. The van der Waals surface area contributed by atoms with Crippen molar-refractivity contribution >= 4 is 21.7 Å². The van der Waals surface area contributed by atoms with Crippen LogP contribution in [0.4, 0.5) is 0 Å². The molecule has 1 heterocycles. The molecule has 0 spiro atoms. The minimum atomic E-state index is 0.581. The molecule has 4 aromatic rings. The first-order valence-electron chi connectivity index (χ1n) is 8.61. The summed E-state index contributed by atoms with van der Waals surface area (Å²) in [7, 11) is 3.34. The highest BCUT2D eigenvalue weighted by Gasteiger charge is 2.10. The summed E-state index contributed by atoms with van der Waals surface area (Å²) in [6.45, 7) is 1.32. The van der Waals surface area contributed by atoms with Crippen LogP contribution in [0.15, 0.2) is 66.9 Å². The van der Waals surface area contributed by atoms with Gasteiger partial charge in [-0.05, 0) is 17.5 Å². The fraction of sp³-hybridized carbons (Fsp3) is 0.182. The number of nitrogens with zero attached hydrogens (tertiary/aromatic N) is 1. The second kappa shape index (κ2) is 7.00. The molecule has 3 aromatic carbocycles. The van der Waals surface area contributed by atoms with Crippen molar-refractivity contribution in [3.05, 3.63) is 66.9 Å². The van der Waals surface area contributed by atoms with E-state index < -0.39 is 0 Å². The van der Waals surface area contributed by atoms with Gasteiger partial charge >= 0.3 is 0 Å². The smallest absolute Gasteiger partial charge is 0.131 e. The SMILES string of the molecule is COc1cc(OC)c2ccn(CCOc3cccc4ccccc34)c2c1. The normalized spacial score (nSPS) is 11.0. The van der Waals surface area contributed by atoms with Gasteiger partial charge in [-0.3, -0.25) is 0 Å². The zero-order chi connectivity index (χ0) is 17.9. The number of hydrogen-bond acceptors (Lipinski definition) is 3. The minimum Gasteiger partial charge on any atom is -0.497 e. The highest BCUT2D eigenvalue weighted by molar-refractivity contribution is 5.89. The van der Waals surface area contributed by atoms with Gasteiger partial charge in [-0.2, -0.15) is 0 Å². The number of rotatable bonds is 6. The Bertz CT molecular complexity index is 1050. The van der Waals surface area contributed by atoms with Crippen LogP contribution in [0.5, 0.6) is 17.2 Å². The average Bonchev–Trinajstić information content (AvgIpc) is 3.10. The molecule has 0 amide bonds. The largest absolute Gasteiger partial charge is 0.497 e. The lowest BCUT2D eigenvalue weighted by molar-refractivity contribution is 0.304. The summed E-state index contributed by atoms with van der Waals surface area (Å²) >= 11 is 0. The lowest BCUT2D eigenvalue weighted by Gasteiger charge is -2.12. The summed E-state index contributed by atoms with van der Waals surface area (Å²) in [6.07, 6.45) is 2.05. The van der Waals surface area contributed by atoms with Crippen molar-refractivity contribution in [2.24, 2.45) is 0 Å². The maximum Gasteiger partial charge on any atom is 0.131 e. The van der Waals surface area contributed by atoms with Crippen LogP contribution < -0.4 is 14.2 Å². The van der Waals surface area contributed by atoms with E-state index in [2.05, 4.69) is 35.0 Å². The molecule has 0 bridgehead atoms. The monoisotopic (exact) mass is 347 g/mol. The van der Waals surface area contributed by atoms with E-state index in [0.717, 1.165) is 40.1 Å². The van der Waals surface area contributed by atoms with Gasteiger partial charge in [0.2, 0.25) is 0 Å². The van der Waals surface area contributed by atoms with E-state index in [0.29, 0.717) is 6.61 Å². The van der Waals surface area contributed by atoms with Crippen LogP contribution in [-0.4, -0.2) is 25.4 Å². The molecule has 0 aliphatic heterocycles. The summed E-state index contributed by atoms with van der Waals surface area (Å²) in [5.41, 5.74) is 1.07. The van der Waals surface area contributed by atoms with Crippen molar-refractivity contribution in [1.82, 2.24) is 4.57 Å². The summed E-state index contributed by atoms with van der Waals surface area (Å²) in [6, 6.07) is 20.4. The van der Waals surface area contributed by atoms with Crippen LogP contribution in [0.25, 0.3) is 21.7 Å². The standard InChI is InChI=1S/C22H21NO3/c1-24-17-14-20-19(22(15-17)25-2)10-11-23(20)12-13-26-21-9-5-7-16-6-3-4-8-18(16)21/h3-11,14-15H,12-13H2,1-2H3. The lowest BCUT2D eigenvalue weighted by Crippen LogP contribution is -2.07. The Morgan fingerprint density at radius 1 is 0.808 bits per heavy atom. The zero-order valence-electron chi connectivity index (χ0n) is 14.9. The molecule has 0 saturated carbocycles. The van der Waals surface area contributed by atoms with Gasteiger partial charge < -0.3 is 18.8 Å². The van der Waals surface area contributed by atoms with E-state index in [1.54, 1.807) is 14.2 Å². The van der Waals surface area contributed by atoms with Crippen LogP contribution >= 0.6 is 0 Å². The Labute approximate surface area is 152 Å². The number of benzene rings is 3. The molecule has 4 nitrogen and oxygen atoms in total. The molecular formula is C22H21NO3. The van der Waals surface area contributed by atoms with Crippen LogP contribution in [0.3, 0.4) is 0 Å². The van der Waals surface area contributed by atoms with E-state index in [9.17, 15) is 0 Å². The van der Waals surface area contributed by atoms with Crippen LogP contribution in [-0.2, 0) is 6.54 Å². The predicted octanol–water partition coefficient (Wildman–Crippen LogP) is 4.89. The molecule has 0 atom stereocenters. The van der Waals surface area contributed by atoms with Crippen molar-refractivity contribution < 1.29 is 14.2 Å². The Balaban J connectivity index is 1.56. The summed E-state index contributed by atoms with van der Waals surface area (Å²) in [5.74, 6) is 2.51. The molecule has 0 aliphatic carbocycles. The number of fused-ring (bicyclic) bond motifs is 2. The quantitative estimate of drug-likeness (QED) is 0.498. The van der Waals surface area contributed by atoms with Crippen molar-refractivity contribution in [2.45, 2.75) is 6.54 Å². The Morgan fingerprint density at radius 3 is 2.50 bits per heavy atom. The first kappa shape index (κ1) is 16.3. The third kappa shape index (κ3) is 2.94. The first-order valence-corrected chi connectivity index (χ1v) is 8.61. The van der Waals surface area contributed by atoms with Crippen LogP contribution in [0, 0.1) is 0 Å². The molecule has 0 saturated heterocycles. The third-order valence-electron chi connectivity index (χ3n) is 4.62. The number of ether oxygens (including phenoxy) is 3. The van der Waals surface area contributed by atoms with Gasteiger partial charge in [0.05, 0.1) is 26.3 Å². The highest BCUT2D eigenvalue weighted by Crippen LogP contribution is 2.32. The van der Waals surface area contributed by atoms with Gasteiger partial charge in [0.25, 0.3) is 0 Å². The molecule has 4 heteroatoms. The van der Waals surface area contributed by atoms with Crippen LogP contribution in [0.1, 0.15) is 0 Å². The van der Waals surface area contributed by atoms with Gasteiger partial charge in [-0.15, -0.1) is 0 Å². The summed E-state index contributed by atoms with van der Waals surface area (Å²) in [5, 5.41) is 3.39. The molecule has 0 N–H and O–H groups in total. The van der Waals surface area contributed by atoms with Gasteiger partial charge in [0.1, 0.15) is 23.9 Å². The van der Waals surface area contributed by atoms with Gasteiger partial charge in [0, 0.05) is 29.1 Å². The van der Waals surface area contributed by atoms with E-state index in [4.69, 9.17) is 14.2 Å². The minimum absolute atomic E-state index is 0.581. The second-order valence-corrected chi connectivity index (χ2v) is 6.10. The lowest BCUT2D eigenvalue weighted by atomic mass is 10.1. The van der Waals surface area contributed by atoms with Crippen molar-refractivity contribution in [1.29, 1.82) is 0 Å². The molecule has 4 rings (SSSR count). The third-order valence-corrected chi connectivity index (χ3v) is 4.62. The van der Waals surface area contributed by atoms with Gasteiger partial charge in [-0.1, -0.05) is 36.4 Å². The molecule has 26 heavy (non-hydrogen) atoms. The van der Waals surface area contributed by atoms with Gasteiger partial charge in [-0.25, -0.2) is 0 Å². The number of hydrogen-bond donors (Lipinski definition) is 0. The molecule has 0 unspecified atom stereocenters. The second-order valence-electron chi connectivity index (χ2n) is 6.10. The predicted molar refractivity (Wildman–Crippen MR) is 104 cm³/mol. The Kier molecular flexibility index (Phi) is 4.40. The molecule has 0 aliphatic rings. The van der Waals surface area contributed by atoms with Crippen LogP contribution in [0.2, 0.25) is 0 Å².